The standard InChI is InChI=1S/C16H13N7O/c17-15-21-12-8-10(9-1-3-18-4-2-9)7-11(13(12)22-15)14(24)23-16-19-5-6-20-16/h1-8H,(H3,17,21,22)(H2,19,20,23,24). The zero-order valence-corrected chi connectivity index (χ0v) is 12.4. The van der Waals surface area contributed by atoms with Crippen LogP contribution in [0.3, 0.4) is 0 Å². The number of fused-ring (bicyclic) bond motifs is 1. The van der Waals surface area contributed by atoms with Gasteiger partial charge in [-0.15, -0.1) is 0 Å². The number of hydrogen-bond acceptors (Lipinski definition) is 5. The van der Waals surface area contributed by atoms with Crippen molar-refractivity contribution in [1.82, 2.24) is 24.9 Å². The number of carbonyl (C=O) groups excluding carboxylic acids is 1. The number of nitrogens with two attached hydrogens (primary N) is 1. The summed E-state index contributed by atoms with van der Waals surface area (Å²) in [5.41, 5.74) is 9.16. The number of aromatic amines is 2. The highest BCUT2D eigenvalue weighted by molar-refractivity contribution is 6.12. The summed E-state index contributed by atoms with van der Waals surface area (Å²) in [6, 6.07) is 7.41. The van der Waals surface area contributed by atoms with E-state index in [9.17, 15) is 4.79 Å². The summed E-state index contributed by atoms with van der Waals surface area (Å²) in [4.78, 5) is 30.7. The second-order valence-electron chi connectivity index (χ2n) is 5.17. The van der Waals surface area contributed by atoms with Gasteiger partial charge in [0.15, 0.2) is 5.95 Å². The third-order valence-corrected chi connectivity index (χ3v) is 3.59. The van der Waals surface area contributed by atoms with Crippen molar-refractivity contribution in [2.24, 2.45) is 0 Å². The number of benzene rings is 1. The van der Waals surface area contributed by atoms with Crippen LogP contribution < -0.4 is 11.1 Å². The fraction of sp³-hybridized carbons (Fsp3) is 0. The number of imidazole rings is 2. The maximum Gasteiger partial charge on any atom is 0.260 e. The second-order valence-corrected chi connectivity index (χ2v) is 5.17. The van der Waals surface area contributed by atoms with E-state index in [1.54, 1.807) is 30.9 Å². The molecule has 4 aromatic rings. The predicted molar refractivity (Wildman–Crippen MR) is 90.3 cm³/mol. The molecule has 5 N–H and O–H groups in total. The monoisotopic (exact) mass is 319 g/mol. The third-order valence-electron chi connectivity index (χ3n) is 3.59. The summed E-state index contributed by atoms with van der Waals surface area (Å²) in [5.74, 6) is 0.298. The highest BCUT2D eigenvalue weighted by atomic mass is 16.1. The Balaban J connectivity index is 1.84. The van der Waals surface area contributed by atoms with E-state index in [-0.39, 0.29) is 11.9 Å². The number of carbonyl (C=O) groups is 1. The molecule has 8 nitrogen and oxygen atoms in total. The van der Waals surface area contributed by atoms with E-state index < -0.39 is 0 Å². The maximum atomic E-state index is 12.6. The Morgan fingerprint density at radius 1 is 1.12 bits per heavy atom. The Morgan fingerprint density at radius 3 is 2.71 bits per heavy atom. The fourth-order valence-electron chi connectivity index (χ4n) is 2.53. The van der Waals surface area contributed by atoms with E-state index >= 15 is 0 Å². The van der Waals surface area contributed by atoms with Crippen LogP contribution in [-0.4, -0.2) is 30.8 Å². The van der Waals surface area contributed by atoms with Crippen molar-refractivity contribution in [3.8, 4) is 11.1 Å². The van der Waals surface area contributed by atoms with Gasteiger partial charge in [-0.05, 0) is 35.4 Å². The molecule has 0 aliphatic heterocycles. The molecule has 1 amide bonds. The van der Waals surface area contributed by atoms with Gasteiger partial charge in [-0.3, -0.25) is 15.1 Å². The van der Waals surface area contributed by atoms with Crippen LogP contribution in [0.5, 0.6) is 0 Å². The number of pyridine rings is 1. The number of nitrogens with zero attached hydrogens (tertiary/aromatic N) is 3. The van der Waals surface area contributed by atoms with Crippen molar-refractivity contribution >= 4 is 28.8 Å². The first-order valence-corrected chi connectivity index (χ1v) is 7.21. The number of anilines is 2. The molecule has 3 heterocycles. The zero-order chi connectivity index (χ0) is 16.5. The maximum absolute atomic E-state index is 12.6. The van der Waals surface area contributed by atoms with Crippen LogP contribution in [-0.2, 0) is 0 Å². The highest BCUT2D eigenvalue weighted by Crippen LogP contribution is 2.27. The lowest BCUT2D eigenvalue weighted by molar-refractivity contribution is 0.102. The van der Waals surface area contributed by atoms with Crippen molar-refractivity contribution in [3.63, 3.8) is 0 Å². The molecule has 118 valence electrons. The SMILES string of the molecule is Nc1nc2c(C(=O)Nc3ncc[nH]3)cc(-c3ccncc3)cc2[nH]1. The molecule has 0 saturated heterocycles. The Bertz CT molecular complexity index is 1010. The number of hydrogen-bond donors (Lipinski definition) is 4. The van der Waals surface area contributed by atoms with Crippen LogP contribution >= 0.6 is 0 Å². The van der Waals surface area contributed by atoms with E-state index in [0.29, 0.717) is 22.5 Å². The first-order chi connectivity index (χ1) is 11.7. The largest absolute Gasteiger partial charge is 0.369 e. The van der Waals surface area contributed by atoms with Crippen LogP contribution in [0.2, 0.25) is 0 Å². The topological polar surface area (TPSA) is 125 Å². The molecule has 24 heavy (non-hydrogen) atoms. The van der Waals surface area contributed by atoms with Gasteiger partial charge < -0.3 is 15.7 Å². The minimum absolute atomic E-state index is 0.254. The number of H-pyrrole nitrogens is 2. The zero-order valence-electron chi connectivity index (χ0n) is 12.4. The summed E-state index contributed by atoms with van der Waals surface area (Å²) in [6.45, 7) is 0. The number of nitrogens with one attached hydrogen (secondary N) is 3. The Hall–Kier alpha value is -3.68. The number of amides is 1. The van der Waals surface area contributed by atoms with Crippen LogP contribution in [0.25, 0.3) is 22.2 Å². The van der Waals surface area contributed by atoms with Gasteiger partial charge >= 0.3 is 0 Å². The fourth-order valence-corrected chi connectivity index (χ4v) is 2.53. The van der Waals surface area contributed by atoms with E-state index in [1.165, 1.54) is 0 Å². The van der Waals surface area contributed by atoms with E-state index in [2.05, 4.69) is 30.2 Å². The highest BCUT2D eigenvalue weighted by Gasteiger charge is 2.16. The molecule has 3 aromatic heterocycles. The van der Waals surface area contributed by atoms with E-state index in [0.717, 1.165) is 11.1 Å². The van der Waals surface area contributed by atoms with Crippen LogP contribution in [0.15, 0.2) is 49.1 Å². The molecule has 0 fully saturated rings. The molecule has 0 unspecified atom stereocenters. The molecule has 4 rings (SSSR count). The van der Waals surface area contributed by atoms with Gasteiger partial charge in [-0.1, -0.05) is 0 Å². The van der Waals surface area contributed by atoms with Gasteiger partial charge in [0.05, 0.1) is 11.1 Å². The van der Waals surface area contributed by atoms with Crippen molar-refractivity contribution in [2.45, 2.75) is 0 Å². The molecule has 0 saturated carbocycles. The van der Waals surface area contributed by atoms with Crippen molar-refractivity contribution in [2.75, 3.05) is 11.1 Å². The first kappa shape index (κ1) is 13.9. The molecule has 8 heteroatoms. The van der Waals surface area contributed by atoms with Gasteiger partial charge in [0.25, 0.3) is 5.91 Å². The van der Waals surface area contributed by atoms with E-state index in [1.807, 2.05) is 18.2 Å². The minimum Gasteiger partial charge on any atom is -0.369 e. The molecule has 0 bridgehead atoms. The van der Waals surface area contributed by atoms with Gasteiger partial charge in [0.1, 0.15) is 5.52 Å². The number of aromatic nitrogens is 5. The summed E-state index contributed by atoms with van der Waals surface area (Å²) in [6.07, 6.45) is 6.59. The molecule has 0 spiro atoms. The molecule has 0 radical (unpaired) electrons. The Morgan fingerprint density at radius 2 is 1.96 bits per heavy atom. The molecular formula is C16H13N7O. The quantitative estimate of drug-likeness (QED) is 0.460. The molecule has 1 aromatic carbocycles. The first-order valence-electron chi connectivity index (χ1n) is 7.21. The van der Waals surface area contributed by atoms with E-state index in [4.69, 9.17) is 5.73 Å². The summed E-state index contributed by atoms with van der Waals surface area (Å²) in [7, 11) is 0. The molecule has 0 aliphatic rings. The lowest BCUT2D eigenvalue weighted by atomic mass is 10.0. The van der Waals surface area contributed by atoms with Crippen molar-refractivity contribution < 1.29 is 4.79 Å². The summed E-state index contributed by atoms with van der Waals surface area (Å²) in [5, 5.41) is 2.71. The number of nitrogen functional groups attached to an aromatic ring is 1. The smallest absolute Gasteiger partial charge is 0.260 e. The minimum atomic E-state index is -0.322. The van der Waals surface area contributed by atoms with Crippen molar-refractivity contribution in [3.05, 3.63) is 54.6 Å². The average Bonchev–Trinajstić information content (AvgIpc) is 3.22. The summed E-state index contributed by atoms with van der Waals surface area (Å²) >= 11 is 0. The number of rotatable bonds is 3. The molecule has 0 aliphatic carbocycles. The summed E-state index contributed by atoms with van der Waals surface area (Å²) < 4.78 is 0. The van der Waals surface area contributed by atoms with Gasteiger partial charge in [-0.2, -0.15) is 0 Å². The lowest BCUT2D eigenvalue weighted by Crippen LogP contribution is -2.13. The molecular weight excluding hydrogens is 306 g/mol. The Kier molecular flexibility index (Phi) is 3.20. The van der Waals surface area contributed by atoms with Crippen LogP contribution in [0.1, 0.15) is 10.4 Å². The van der Waals surface area contributed by atoms with Crippen LogP contribution in [0, 0.1) is 0 Å². The normalized spacial score (nSPS) is 10.8. The third kappa shape index (κ3) is 2.45. The Labute approximate surface area is 136 Å². The van der Waals surface area contributed by atoms with Crippen LogP contribution in [0.4, 0.5) is 11.9 Å². The van der Waals surface area contributed by atoms with Gasteiger partial charge in [-0.25, -0.2) is 9.97 Å². The van der Waals surface area contributed by atoms with Crippen molar-refractivity contribution in [1.29, 1.82) is 0 Å². The average molecular weight is 319 g/mol. The van der Waals surface area contributed by atoms with Gasteiger partial charge in [0.2, 0.25) is 5.95 Å². The second kappa shape index (κ2) is 5.51. The van der Waals surface area contributed by atoms with Gasteiger partial charge in [0, 0.05) is 24.8 Å². The molecule has 0 atom stereocenters. The predicted octanol–water partition coefficient (Wildman–Crippen LogP) is 2.18. The lowest BCUT2D eigenvalue weighted by Gasteiger charge is -2.07.